The highest BCUT2D eigenvalue weighted by molar-refractivity contribution is 9.10. The molecule has 2 atom stereocenters. The van der Waals surface area contributed by atoms with Gasteiger partial charge >= 0.3 is 0 Å². The van der Waals surface area contributed by atoms with Crippen molar-refractivity contribution in [3.05, 3.63) is 20.8 Å². The molecule has 0 aromatic carbocycles. The summed E-state index contributed by atoms with van der Waals surface area (Å²) in [4.78, 5) is 1.50. The normalized spacial score (nSPS) is 29.1. The van der Waals surface area contributed by atoms with Gasteiger partial charge < -0.3 is 5.73 Å². The lowest BCUT2D eigenvalue weighted by Crippen LogP contribution is -2.26. The molecule has 1 saturated carbocycles. The number of hydrogen-bond acceptors (Lipinski definition) is 2. The van der Waals surface area contributed by atoms with Crippen LogP contribution in [0.1, 0.15) is 36.5 Å². The summed E-state index contributed by atoms with van der Waals surface area (Å²) in [6.45, 7) is 0. The number of hydrogen-bond donors (Lipinski definition) is 1. The molecule has 0 aliphatic heterocycles. The van der Waals surface area contributed by atoms with Crippen LogP contribution in [0, 0.1) is 0 Å². The van der Waals surface area contributed by atoms with Crippen molar-refractivity contribution >= 4 is 27.3 Å². The summed E-state index contributed by atoms with van der Waals surface area (Å²) in [6.07, 6.45) is 4.97. The Balaban J connectivity index is 2.12. The first-order chi connectivity index (χ1) is 6.27. The maximum absolute atomic E-state index is 5.97. The Morgan fingerprint density at radius 1 is 1.46 bits per heavy atom. The summed E-state index contributed by atoms with van der Waals surface area (Å²) in [6, 6.07) is 2.56. The minimum absolute atomic E-state index is 0.424. The van der Waals surface area contributed by atoms with Crippen LogP contribution in [0.5, 0.6) is 0 Å². The molecular weight excluding hydrogens is 246 g/mol. The van der Waals surface area contributed by atoms with Gasteiger partial charge in [0.1, 0.15) is 0 Å². The lowest BCUT2D eigenvalue weighted by molar-refractivity contribution is 0.396. The fourth-order valence-electron chi connectivity index (χ4n) is 2.06. The fourth-order valence-corrected chi connectivity index (χ4v) is 3.91. The molecule has 72 valence electrons. The first-order valence-electron chi connectivity index (χ1n) is 4.76. The Bertz CT molecular complexity index is 284. The van der Waals surface area contributed by atoms with Gasteiger partial charge in [0.05, 0.1) is 0 Å². The highest BCUT2D eigenvalue weighted by Gasteiger charge is 2.22. The van der Waals surface area contributed by atoms with Crippen molar-refractivity contribution in [3.8, 4) is 0 Å². The molecule has 0 radical (unpaired) electrons. The van der Waals surface area contributed by atoms with E-state index < -0.39 is 0 Å². The third-order valence-corrected chi connectivity index (χ3v) is 4.76. The first kappa shape index (κ1) is 9.69. The minimum atomic E-state index is 0.424. The Morgan fingerprint density at radius 2 is 2.31 bits per heavy atom. The van der Waals surface area contributed by atoms with Crippen LogP contribution >= 0.6 is 27.3 Å². The SMILES string of the molecule is NC1CCCC(c2sccc2Br)C1. The molecule has 1 nitrogen and oxygen atoms in total. The van der Waals surface area contributed by atoms with Crippen LogP contribution in [0.3, 0.4) is 0 Å². The monoisotopic (exact) mass is 259 g/mol. The summed E-state index contributed by atoms with van der Waals surface area (Å²) in [5, 5.41) is 2.15. The molecule has 1 aromatic heterocycles. The average Bonchev–Trinajstić information content (AvgIpc) is 2.51. The van der Waals surface area contributed by atoms with Gasteiger partial charge in [0.25, 0.3) is 0 Å². The van der Waals surface area contributed by atoms with E-state index in [0.717, 1.165) is 0 Å². The van der Waals surface area contributed by atoms with Crippen molar-refractivity contribution in [2.75, 3.05) is 0 Å². The van der Waals surface area contributed by atoms with Gasteiger partial charge in [-0.25, -0.2) is 0 Å². The molecule has 0 saturated heterocycles. The summed E-state index contributed by atoms with van der Waals surface area (Å²) >= 11 is 5.45. The van der Waals surface area contributed by atoms with Gasteiger partial charge in [-0.15, -0.1) is 11.3 Å². The van der Waals surface area contributed by atoms with Gasteiger partial charge in [-0.3, -0.25) is 0 Å². The number of nitrogens with two attached hydrogens (primary N) is 1. The molecule has 0 bridgehead atoms. The van der Waals surface area contributed by atoms with Crippen LogP contribution in [0.2, 0.25) is 0 Å². The van der Waals surface area contributed by atoms with E-state index in [4.69, 9.17) is 5.73 Å². The first-order valence-corrected chi connectivity index (χ1v) is 6.43. The second-order valence-electron chi connectivity index (χ2n) is 3.76. The van der Waals surface area contributed by atoms with Crippen LogP contribution in [0.25, 0.3) is 0 Å². The van der Waals surface area contributed by atoms with Crippen molar-refractivity contribution in [1.29, 1.82) is 0 Å². The molecule has 3 heteroatoms. The van der Waals surface area contributed by atoms with Gasteiger partial charge in [0, 0.05) is 15.4 Å². The molecule has 1 aliphatic rings. The van der Waals surface area contributed by atoms with E-state index in [0.29, 0.717) is 12.0 Å². The molecule has 1 aromatic rings. The summed E-state index contributed by atoms with van der Waals surface area (Å²) in [7, 11) is 0. The van der Waals surface area contributed by atoms with Crippen molar-refractivity contribution < 1.29 is 0 Å². The molecule has 2 unspecified atom stereocenters. The van der Waals surface area contributed by atoms with Crippen LogP contribution in [0.15, 0.2) is 15.9 Å². The number of rotatable bonds is 1. The second-order valence-corrected chi connectivity index (χ2v) is 5.56. The fraction of sp³-hybridized carbons (Fsp3) is 0.600. The van der Waals surface area contributed by atoms with Gasteiger partial charge in [-0.1, -0.05) is 6.42 Å². The van der Waals surface area contributed by atoms with Gasteiger partial charge in [-0.05, 0) is 52.6 Å². The van der Waals surface area contributed by atoms with Crippen LogP contribution in [-0.2, 0) is 0 Å². The third-order valence-electron chi connectivity index (χ3n) is 2.73. The zero-order valence-corrected chi connectivity index (χ0v) is 9.90. The molecule has 2 rings (SSSR count). The van der Waals surface area contributed by atoms with Gasteiger partial charge in [-0.2, -0.15) is 0 Å². The summed E-state index contributed by atoms with van der Waals surface area (Å²) in [5.74, 6) is 0.707. The summed E-state index contributed by atoms with van der Waals surface area (Å²) in [5.41, 5.74) is 5.97. The predicted molar refractivity (Wildman–Crippen MR) is 61.2 cm³/mol. The van der Waals surface area contributed by atoms with Crippen LogP contribution in [-0.4, -0.2) is 6.04 Å². The molecule has 0 spiro atoms. The Morgan fingerprint density at radius 3 is 2.92 bits per heavy atom. The predicted octanol–water partition coefficient (Wildman–Crippen LogP) is 3.50. The number of thiophene rings is 1. The zero-order chi connectivity index (χ0) is 9.26. The van der Waals surface area contributed by atoms with E-state index >= 15 is 0 Å². The quantitative estimate of drug-likeness (QED) is 0.821. The van der Waals surface area contributed by atoms with E-state index in [9.17, 15) is 0 Å². The van der Waals surface area contributed by atoms with Crippen molar-refractivity contribution in [1.82, 2.24) is 0 Å². The average molecular weight is 260 g/mol. The summed E-state index contributed by atoms with van der Waals surface area (Å²) < 4.78 is 1.27. The lowest BCUT2D eigenvalue weighted by atomic mass is 9.85. The van der Waals surface area contributed by atoms with E-state index in [1.54, 1.807) is 0 Å². The molecule has 1 fully saturated rings. The van der Waals surface area contributed by atoms with Gasteiger partial charge in [0.2, 0.25) is 0 Å². The van der Waals surface area contributed by atoms with Gasteiger partial charge in [0.15, 0.2) is 0 Å². The van der Waals surface area contributed by atoms with E-state index in [1.807, 2.05) is 11.3 Å². The highest BCUT2D eigenvalue weighted by atomic mass is 79.9. The molecule has 0 amide bonds. The molecule has 2 N–H and O–H groups in total. The molecule has 13 heavy (non-hydrogen) atoms. The largest absolute Gasteiger partial charge is 0.328 e. The Hall–Kier alpha value is 0.140. The van der Waals surface area contributed by atoms with E-state index in [1.165, 1.54) is 35.0 Å². The van der Waals surface area contributed by atoms with E-state index in [-0.39, 0.29) is 0 Å². The second kappa shape index (κ2) is 4.11. The smallest absolute Gasteiger partial charge is 0.0317 e. The Kier molecular flexibility index (Phi) is 3.06. The van der Waals surface area contributed by atoms with Crippen LogP contribution < -0.4 is 5.73 Å². The number of halogens is 1. The molecular formula is C10H14BrNS. The van der Waals surface area contributed by atoms with Crippen molar-refractivity contribution in [2.24, 2.45) is 5.73 Å². The van der Waals surface area contributed by atoms with Crippen molar-refractivity contribution in [3.63, 3.8) is 0 Å². The minimum Gasteiger partial charge on any atom is -0.328 e. The highest BCUT2D eigenvalue weighted by Crippen LogP contribution is 2.38. The maximum Gasteiger partial charge on any atom is 0.0317 e. The standard InChI is InChI=1S/C10H14BrNS/c11-9-4-5-13-10(9)7-2-1-3-8(12)6-7/h4-5,7-8H,1-3,6,12H2. The molecule has 1 aliphatic carbocycles. The maximum atomic E-state index is 5.97. The Labute approximate surface area is 91.5 Å². The molecule has 1 heterocycles. The third kappa shape index (κ3) is 2.14. The topological polar surface area (TPSA) is 26.0 Å². The van der Waals surface area contributed by atoms with Crippen molar-refractivity contribution in [2.45, 2.75) is 37.6 Å². The van der Waals surface area contributed by atoms with Crippen LogP contribution in [0.4, 0.5) is 0 Å². The van der Waals surface area contributed by atoms with E-state index in [2.05, 4.69) is 27.4 Å². The zero-order valence-electron chi connectivity index (χ0n) is 7.50. The lowest BCUT2D eigenvalue weighted by Gasteiger charge is -2.26.